The van der Waals surface area contributed by atoms with E-state index in [4.69, 9.17) is 9.47 Å². The smallest absolute Gasteiger partial charge is 0.262 e. The van der Waals surface area contributed by atoms with Crippen molar-refractivity contribution in [1.82, 2.24) is 4.90 Å². The molecule has 2 aromatic rings. The quantitative estimate of drug-likeness (QED) is 0.799. The van der Waals surface area contributed by atoms with Gasteiger partial charge in [-0.1, -0.05) is 12.1 Å². The molecule has 1 aliphatic heterocycles. The van der Waals surface area contributed by atoms with Gasteiger partial charge in [0.15, 0.2) is 18.1 Å². The van der Waals surface area contributed by atoms with Crippen molar-refractivity contribution in [1.29, 1.82) is 0 Å². The topological polar surface area (TPSA) is 54.0 Å². The SMILES string of the molecule is COc1ccccc1OCC(=O)Nc1ccc(N2CCN(C3CC3)CC2)cc1. The average molecular weight is 381 g/mol. The van der Waals surface area contributed by atoms with Gasteiger partial charge in [0.1, 0.15) is 0 Å². The number of hydrogen-bond donors (Lipinski definition) is 1. The lowest BCUT2D eigenvalue weighted by Gasteiger charge is -2.36. The minimum atomic E-state index is -0.197. The number of para-hydroxylation sites is 2. The molecular weight excluding hydrogens is 354 g/mol. The number of benzene rings is 2. The van der Waals surface area contributed by atoms with Crippen molar-refractivity contribution < 1.29 is 14.3 Å². The molecule has 6 nitrogen and oxygen atoms in total. The average Bonchev–Trinajstić information content (AvgIpc) is 3.59. The van der Waals surface area contributed by atoms with Crippen molar-refractivity contribution in [2.24, 2.45) is 0 Å². The van der Waals surface area contributed by atoms with Crippen molar-refractivity contribution in [3.05, 3.63) is 48.5 Å². The van der Waals surface area contributed by atoms with Gasteiger partial charge in [-0.15, -0.1) is 0 Å². The minimum Gasteiger partial charge on any atom is -0.493 e. The number of carbonyl (C=O) groups is 1. The fourth-order valence-electron chi connectivity index (χ4n) is 3.62. The third kappa shape index (κ3) is 4.57. The van der Waals surface area contributed by atoms with E-state index < -0.39 is 0 Å². The normalized spacial score (nSPS) is 17.2. The van der Waals surface area contributed by atoms with E-state index >= 15 is 0 Å². The maximum atomic E-state index is 12.2. The van der Waals surface area contributed by atoms with Gasteiger partial charge < -0.3 is 19.7 Å². The number of rotatable bonds is 7. The molecule has 1 aliphatic carbocycles. The predicted octanol–water partition coefficient (Wildman–Crippen LogP) is 3.00. The summed E-state index contributed by atoms with van der Waals surface area (Å²) in [5, 5.41) is 2.88. The van der Waals surface area contributed by atoms with Crippen molar-refractivity contribution >= 4 is 17.3 Å². The zero-order valence-electron chi connectivity index (χ0n) is 16.3. The molecule has 1 heterocycles. The highest BCUT2D eigenvalue weighted by Crippen LogP contribution is 2.29. The minimum absolute atomic E-state index is 0.0642. The lowest BCUT2D eigenvalue weighted by molar-refractivity contribution is -0.118. The van der Waals surface area contributed by atoms with Crippen molar-refractivity contribution in [2.75, 3.05) is 50.1 Å². The van der Waals surface area contributed by atoms with Crippen LogP contribution in [0.15, 0.2) is 48.5 Å². The molecule has 28 heavy (non-hydrogen) atoms. The van der Waals surface area contributed by atoms with Gasteiger partial charge >= 0.3 is 0 Å². The summed E-state index contributed by atoms with van der Waals surface area (Å²) in [6.45, 7) is 4.35. The summed E-state index contributed by atoms with van der Waals surface area (Å²) in [6, 6.07) is 16.2. The van der Waals surface area contributed by atoms with Crippen LogP contribution in [0.3, 0.4) is 0 Å². The van der Waals surface area contributed by atoms with Gasteiger partial charge in [0, 0.05) is 43.6 Å². The van der Waals surface area contributed by atoms with E-state index in [1.165, 1.54) is 18.5 Å². The van der Waals surface area contributed by atoms with Crippen LogP contribution in [0.5, 0.6) is 11.5 Å². The lowest BCUT2D eigenvalue weighted by Crippen LogP contribution is -2.47. The van der Waals surface area contributed by atoms with E-state index in [9.17, 15) is 4.79 Å². The second kappa shape index (κ2) is 8.52. The van der Waals surface area contributed by atoms with Crippen LogP contribution in [0, 0.1) is 0 Å². The molecule has 0 aromatic heterocycles. The molecule has 1 N–H and O–H groups in total. The van der Waals surface area contributed by atoms with Gasteiger partial charge in [-0.25, -0.2) is 0 Å². The van der Waals surface area contributed by atoms with Gasteiger partial charge in [0.05, 0.1) is 7.11 Å². The Hall–Kier alpha value is -2.73. The molecule has 0 radical (unpaired) electrons. The summed E-state index contributed by atoms with van der Waals surface area (Å²) in [7, 11) is 1.58. The molecular formula is C22H27N3O3. The van der Waals surface area contributed by atoms with Crippen LogP contribution in [0.2, 0.25) is 0 Å². The highest BCUT2D eigenvalue weighted by atomic mass is 16.5. The Kier molecular flexibility index (Phi) is 5.67. The first-order valence-electron chi connectivity index (χ1n) is 9.87. The van der Waals surface area contributed by atoms with E-state index in [1.807, 2.05) is 24.3 Å². The van der Waals surface area contributed by atoms with Gasteiger partial charge in [0.2, 0.25) is 0 Å². The molecule has 6 heteroatoms. The summed E-state index contributed by atoms with van der Waals surface area (Å²) in [5.74, 6) is 0.971. The Morgan fingerprint density at radius 2 is 1.68 bits per heavy atom. The van der Waals surface area contributed by atoms with Crippen LogP contribution in [-0.2, 0) is 4.79 Å². The second-order valence-corrected chi connectivity index (χ2v) is 7.29. The monoisotopic (exact) mass is 381 g/mol. The molecule has 1 saturated carbocycles. The Bertz CT molecular complexity index is 797. The van der Waals surface area contributed by atoms with E-state index in [2.05, 4.69) is 27.2 Å². The number of nitrogens with zero attached hydrogens (tertiary/aromatic N) is 2. The fraction of sp³-hybridized carbons (Fsp3) is 0.409. The Labute approximate surface area is 166 Å². The second-order valence-electron chi connectivity index (χ2n) is 7.29. The molecule has 0 unspecified atom stereocenters. The summed E-state index contributed by atoms with van der Waals surface area (Å²) in [6.07, 6.45) is 2.74. The number of carbonyl (C=O) groups excluding carboxylic acids is 1. The zero-order valence-corrected chi connectivity index (χ0v) is 16.3. The molecule has 0 spiro atoms. The van der Waals surface area contributed by atoms with Crippen LogP contribution in [0.1, 0.15) is 12.8 Å². The molecule has 148 valence electrons. The van der Waals surface area contributed by atoms with E-state index in [0.29, 0.717) is 11.5 Å². The van der Waals surface area contributed by atoms with Crippen LogP contribution in [0.4, 0.5) is 11.4 Å². The third-order valence-corrected chi connectivity index (χ3v) is 5.32. The molecule has 0 bridgehead atoms. The number of methoxy groups -OCH3 is 1. The molecule has 1 saturated heterocycles. The van der Waals surface area contributed by atoms with Gasteiger partial charge in [0.25, 0.3) is 5.91 Å². The number of piperazine rings is 1. The fourth-order valence-corrected chi connectivity index (χ4v) is 3.62. The maximum Gasteiger partial charge on any atom is 0.262 e. The molecule has 2 aliphatic rings. The first-order valence-corrected chi connectivity index (χ1v) is 9.87. The number of hydrogen-bond acceptors (Lipinski definition) is 5. The zero-order chi connectivity index (χ0) is 19.3. The molecule has 4 rings (SSSR count). The van der Waals surface area contributed by atoms with Crippen molar-refractivity contribution in [2.45, 2.75) is 18.9 Å². The maximum absolute atomic E-state index is 12.2. The predicted molar refractivity (Wildman–Crippen MR) is 110 cm³/mol. The summed E-state index contributed by atoms with van der Waals surface area (Å²) >= 11 is 0. The summed E-state index contributed by atoms with van der Waals surface area (Å²) in [5.41, 5.74) is 1.98. The largest absolute Gasteiger partial charge is 0.493 e. The van der Waals surface area contributed by atoms with E-state index in [-0.39, 0.29) is 12.5 Å². The number of amides is 1. The summed E-state index contributed by atoms with van der Waals surface area (Å²) in [4.78, 5) is 17.2. The van der Waals surface area contributed by atoms with E-state index in [1.54, 1.807) is 19.2 Å². The van der Waals surface area contributed by atoms with Crippen molar-refractivity contribution in [3.8, 4) is 11.5 Å². The first-order chi connectivity index (χ1) is 13.7. The standard InChI is InChI=1S/C22H27N3O3/c1-27-20-4-2-3-5-21(20)28-16-22(26)23-17-6-8-18(9-7-17)24-12-14-25(15-13-24)19-10-11-19/h2-9,19H,10-16H2,1H3,(H,23,26). The van der Waals surface area contributed by atoms with Gasteiger partial charge in [-0.05, 0) is 49.2 Å². The van der Waals surface area contributed by atoms with Gasteiger partial charge in [-0.2, -0.15) is 0 Å². The van der Waals surface area contributed by atoms with Crippen LogP contribution < -0.4 is 19.7 Å². The van der Waals surface area contributed by atoms with Gasteiger partial charge in [-0.3, -0.25) is 9.69 Å². The number of ether oxygens (including phenoxy) is 2. The summed E-state index contributed by atoms with van der Waals surface area (Å²) < 4.78 is 10.8. The van der Waals surface area contributed by atoms with Crippen LogP contribution in [-0.4, -0.2) is 56.7 Å². The van der Waals surface area contributed by atoms with Crippen molar-refractivity contribution in [3.63, 3.8) is 0 Å². The highest BCUT2D eigenvalue weighted by Gasteiger charge is 2.31. The van der Waals surface area contributed by atoms with E-state index in [0.717, 1.165) is 37.9 Å². The van der Waals surface area contributed by atoms with Crippen LogP contribution >= 0.6 is 0 Å². The third-order valence-electron chi connectivity index (χ3n) is 5.32. The number of anilines is 2. The first kappa shape index (κ1) is 18.6. The molecule has 2 fully saturated rings. The Morgan fingerprint density at radius 3 is 2.32 bits per heavy atom. The molecule has 2 aromatic carbocycles. The lowest BCUT2D eigenvalue weighted by atomic mass is 10.2. The molecule has 0 atom stereocenters. The molecule has 1 amide bonds. The Morgan fingerprint density at radius 1 is 1.00 bits per heavy atom. The number of nitrogens with one attached hydrogen (secondary N) is 1. The van der Waals surface area contributed by atoms with Crippen LogP contribution in [0.25, 0.3) is 0 Å². The Balaban J connectivity index is 1.26. The highest BCUT2D eigenvalue weighted by molar-refractivity contribution is 5.92.